The zero-order valence-electron chi connectivity index (χ0n) is 13.8. The van der Waals surface area contributed by atoms with Gasteiger partial charge in [0.15, 0.2) is 0 Å². The fourth-order valence-electron chi connectivity index (χ4n) is 1.84. The molecule has 7 nitrogen and oxygen atoms in total. The molecule has 0 rings (SSSR count). The van der Waals surface area contributed by atoms with Crippen molar-refractivity contribution in [3.05, 3.63) is 0 Å². The largest absolute Gasteiger partial charge is 1.00 e. The van der Waals surface area contributed by atoms with Crippen molar-refractivity contribution in [2.45, 2.75) is 58.2 Å². The van der Waals surface area contributed by atoms with Crippen LogP contribution in [0.2, 0.25) is 0 Å². The molecule has 0 spiro atoms. The second kappa shape index (κ2) is 14.0. The zero-order chi connectivity index (χ0) is 15.8. The maximum absolute atomic E-state index is 10.7. The Morgan fingerprint density at radius 2 is 1.36 bits per heavy atom. The summed E-state index contributed by atoms with van der Waals surface area (Å²) in [4.78, 5) is 0. The van der Waals surface area contributed by atoms with Crippen LogP contribution >= 0.6 is 0 Å². The van der Waals surface area contributed by atoms with Crippen LogP contribution in [0.5, 0.6) is 0 Å². The van der Waals surface area contributed by atoms with Gasteiger partial charge in [-0.3, -0.25) is 0 Å². The molecule has 0 bridgehead atoms. The summed E-state index contributed by atoms with van der Waals surface area (Å²) < 4.78 is 69.3. The van der Waals surface area contributed by atoms with Gasteiger partial charge in [-0.25, -0.2) is 16.8 Å². The summed E-state index contributed by atoms with van der Waals surface area (Å²) in [6.07, 6.45) is 2.81. The standard InChI is InChI=1S/C11H24O7S2.2Na/c1-3-4-5-6-7-10(2)18-11(8-19(12,13)14)9-20(15,16)17;;/h10-11H,3-9H2,1-2H3,(H,12,13,14)(H,15,16,17);;/q;2*+1/p-2. The molecule has 0 aromatic carbocycles. The second-order valence-electron chi connectivity index (χ2n) is 4.87. The summed E-state index contributed by atoms with van der Waals surface area (Å²) >= 11 is 0. The fourth-order valence-corrected chi connectivity index (χ4v) is 3.29. The summed E-state index contributed by atoms with van der Waals surface area (Å²) in [5.74, 6) is -2.01. The van der Waals surface area contributed by atoms with Crippen LogP contribution in [-0.4, -0.2) is 49.7 Å². The molecule has 0 radical (unpaired) electrons. The van der Waals surface area contributed by atoms with Crippen LogP contribution in [0, 0.1) is 0 Å². The van der Waals surface area contributed by atoms with Gasteiger partial charge in [0.1, 0.15) is 0 Å². The molecule has 0 aliphatic carbocycles. The molecule has 22 heavy (non-hydrogen) atoms. The molecular weight excluding hydrogens is 354 g/mol. The first-order chi connectivity index (χ1) is 9.03. The minimum absolute atomic E-state index is 0. The number of rotatable bonds is 11. The minimum atomic E-state index is -4.65. The van der Waals surface area contributed by atoms with E-state index in [-0.39, 0.29) is 59.1 Å². The number of unbranched alkanes of at least 4 members (excludes halogenated alkanes) is 3. The molecule has 0 aromatic heterocycles. The summed E-state index contributed by atoms with van der Waals surface area (Å²) in [6, 6.07) is 0. The van der Waals surface area contributed by atoms with Gasteiger partial charge in [-0.2, -0.15) is 0 Å². The van der Waals surface area contributed by atoms with Crippen molar-refractivity contribution < 1.29 is 89.8 Å². The number of ether oxygens (including phenoxy) is 1. The van der Waals surface area contributed by atoms with E-state index in [9.17, 15) is 25.9 Å². The van der Waals surface area contributed by atoms with Gasteiger partial charge < -0.3 is 13.8 Å². The van der Waals surface area contributed by atoms with Crippen molar-refractivity contribution in [3.8, 4) is 0 Å². The summed E-state index contributed by atoms with van der Waals surface area (Å²) in [7, 11) is -9.30. The van der Waals surface area contributed by atoms with Crippen molar-refractivity contribution in [2.75, 3.05) is 11.5 Å². The van der Waals surface area contributed by atoms with E-state index in [1.165, 1.54) is 0 Å². The second-order valence-corrected chi connectivity index (χ2v) is 7.76. The molecule has 0 N–H and O–H groups in total. The molecular formula is C11H22Na2O7S2. The van der Waals surface area contributed by atoms with E-state index in [1.807, 2.05) is 0 Å². The Morgan fingerprint density at radius 3 is 1.73 bits per heavy atom. The van der Waals surface area contributed by atoms with Crippen LogP contribution in [0.25, 0.3) is 0 Å². The Morgan fingerprint density at radius 1 is 0.909 bits per heavy atom. The van der Waals surface area contributed by atoms with Gasteiger partial charge >= 0.3 is 59.1 Å². The molecule has 0 aliphatic heterocycles. The molecule has 1 atom stereocenters. The molecule has 0 aromatic rings. The Bertz CT molecular complexity index is 431. The van der Waals surface area contributed by atoms with Crippen molar-refractivity contribution in [1.29, 1.82) is 0 Å². The summed E-state index contributed by atoms with van der Waals surface area (Å²) in [5, 5.41) is 0. The van der Waals surface area contributed by atoms with E-state index >= 15 is 0 Å². The van der Waals surface area contributed by atoms with E-state index in [2.05, 4.69) is 6.92 Å². The van der Waals surface area contributed by atoms with Gasteiger partial charge in [0, 0.05) is 0 Å². The molecule has 11 heteroatoms. The Labute approximate surface area is 178 Å². The maximum atomic E-state index is 10.7. The average Bonchev–Trinajstić information content (AvgIpc) is 2.19. The van der Waals surface area contributed by atoms with Crippen LogP contribution in [0.1, 0.15) is 46.0 Å². The molecule has 0 heterocycles. The quantitative estimate of drug-likeness (QED) is 0.201. The summed E-state index contributed by atoms with van der Waals surface area (Å²) in [6.45, 7) is 3.72. The van der Waals surface area contributed by atoms with E-state index in [0.717, 1.165) is 25.7 Å². The third-order valence-corrected chi connectivity index (χ3v) is 4.23. The molecule has 0 saturated heterocycles. The number of hydrogen-bond acceptors (Lipinski definition) is 7. The van der Waals surface area contributed by atoms with Gasteiger partial charge in [0.25, 0.3) is 0 Å². The van der Waals surface area contributed by atoms with E-state index in [0.29, 0.717) is 6.42 Å². The van der Waals surface area contributed by atoms with Gasteiger partial charge in [-0.05, 0) is 13.3 Å². The fraction of sp³-hybridized carbons (Fsp3) is 1.00. The van der Waals surface area contributed by atoms with E-state index in [4.69, 9.17) is 4.74 Å². The smallest absolute Gasteiger partial charge is 0.748 e. The van der Waals surface area contributed by atoms with E-state index in [1.54, 1.807) is 6.92 Å². The predicted octanol–water partition coefficient (Wildman–Crippen LogP) is -5.17. The maximum Gasteiger partial charge on any atom is 1.00 e. The van der Waals surface area contributed by atoms with Crippen molar-refractivity contribution in [2.24, 2.45) is 0 Å². The Kier molecular flexibility index (Phi) is 18.2. The first-order valence-corrected chi connectivity index (χ1v) is 9.71. The molecule has 0 fully saturated rings. The molecule has 1 unspecified atom stereocenters. The van der Waals surface area contributed by atoms with Crippen molar-refractivity contribution in [1.82, 2.24) is 0 Å². The molecule has 0 aliphatic rings. The van der Waals surface area contributed by atoms with Gasteiger partial charge in [0.05, 0.1) is 43.9 Å². The van der Waals surface area contributed by atoms with Gasteiger partial charge in [-0.15, -0.1) is 0 Å². The SMILES string of the molecule is CCCCCCC(C)OC(CS(=O)(=O)[O-])CS(=O)(=O)[O-].[Na+].[Na+]. The van der Waals surface area contributed by atoms with Crippen LogP contribution in [0.15, 0.2) is 0 Å². The first kappa shape index (κ1) is 28.6. The third-order valence-electron chi connectivity index (χ3n) is 2.67. The normalized spacial score (nSPS) is 13.3. The van der Waals surface area contributed by atoms with Gasteiger partial charge in [-0.1, -0.05) is 32.6 Å². The third kappa shape index (κ3) is 19.8. The van der Waals surface area contributed by atoms with Crippen LogP contribution < -0.4 is 59.1 Å². The minimum Gasteiger partial charge on any atom is -0.748 e. The Hall–Kier alpha value is 1.78. The topological polar surface area (TPSA) is 124 Å². The van der Waals surface area contributed by atoms with Crippen molar-refractivity contribution in [3.63, 3.8) is 0 Å². The predicted molar refractivity (Wildman–Crippen MR) is 72.2 cm³/mol. The zero-order valence-corrected chi connectivity index (χ0v) is 19.4. The van der Waals surface area contributed by atoms with Crippen molar-refractivity contribution >= 4 is 20.2 Å². The number of hydrogen-bond donors (Lipinski definition) is 0. The average molecular weight is 376 g/mol. The molecule has 0 amide bonds. The van der Waals surface area contributed by atoms with Crippen LogP contribution in [-0.2, 0) is 25.0 Å². The van der Waals surface area contributed by atoms with Crippen LogP contribution in [0.4, 0.5) is 0 Å². The molecule has 0 saturated carbocycles. The Balaban J connectivity index is -0.00000180. The van der Waals surface area contributed by atoms with Gasteiger partial charge in [0.2, 0.25) is 0 Å². The van der Waals surface area contributed by atoms with E-state index < -0.39 is 43.9 Å². The summed E-state index contributed by atoms with van der Waals surface area (Å²) in [5.41, 5.74) is 0. The monoisotopic (exact) mass is 376 g/mol. The molecule has 122 valence electrons. The van der Waals surface area contributed by atoms with Crippen LogP contribution in [0.3, 0.4) is 0 Å². The first-order valence-electron chi connectivity index (χ1n) is 6.56.